The number of rotatable bonds is 6. The fourth-order valence-corrected chi connectivity index (χ4v) is 3.65. The lowest BCUT2D eigenvalue weighted by Crippen LogP contribution is -2.46. The molecule has 0 saturated carbocycles. The van der Waals surface area contributed by atoms with Crippen molar-refractivity contribution in [3.05, 3.63) is 74.1 Å². The molecule has 3 aromatic rings. The number of piperazine rings is 1. The third-order valence-electron chi connectivity index (χ3n) is 5.35. The minimum Gasteiger partial charge on any atom is -0.363 e. The number of benzene rings is 2. The Kier molecular flexibility index (Phi) is 6.15. The summed E-state index contributed by atoms with van der Waals surface area (Å²) in [5.41, 5.74) is -1.04. The van der Waals surface area contributed by atoms with E-state index in [4.69, 9.17) is 4.52 Å². The molecule has 4 rings (SSSR count). The van der Waals surface area contributed by atoms with Crippen LogP contribution in [-0.2, 0) is 12.7 Å². The zero-order valence-corrected chi connectivity index (χ0v) is 17.4. The summed E-state index contributed by atoms with van der Waals surface area (Å²) in [7, 11) is 0. The Morgan fingerprint density at radius 2 is 1.74 bits per heavy atom. The van der Waals surface area contributed by atoms with Crippen molar-refractivity contribution in [1.29, 1.82) is 0 Å². The molecule has 1 saturated heterocycles. The van der Waals surface area contributed by atoms with Gasteiger partial charge in [0.15, 0.2) is 0 Å². The van der Waals surface area contributed by atoms with Crippen molar-refractivity contribution in [3.8, 4) is 11.4 Å². The third-order valence-corrected chi connectivity index (χ3v) is 5.35. The van der Waals surface area contributed by atoms with Crippen LogP contribution in [0.25, 0.3) is 11.4 Å². The van der Waals surface area contributed by atoms with E-state index < -0.39 is 21.6 Å². The number of anilines is 1. The van der Waals surface area contributed by atoms with Crippen molar-refractivity contribution < 1.29 is 27.5 Å². The van der Waals surface area contributed by atoms with Gasteiger partial charge in [-0.25, -0.2) is 0 Å². The van der Waals surface area contributed by atoms with Crippen LogP contribution in [0.3, 0.4) is 0 Å². The Morgan fingerprint density at radius 1 is 1.00 bits per heavy atom. The zero-order chi connectivity index (χ0) is 24.5. The van der Waals surface area contributed by atoms with E-state index in [9.17, 15) is 33.4 Å². The van der Waals surface area contributed by atoms with Gasteiger partial charge in [-0.3, -0.25) is 25.1 Å². The summed E-state index contributed by atoms with van der Waals surface area (Å²) in [4.78, 5) is 28.9. The quantitative estimate of drug-likeness (QED) is 0.382. The van der Waals surface area contributed by atoms with Crippen molar-refractivity contribution in [2.24, 2.45) is 0 Å². The summed E-state index contributed by atoms with van der Waals surface area (Å²) in [6, 6.07) is 8.16. The molecule has 2 heterocycles. The predicted molar refractivity (Wildman–Crippen MR) is 112 cm³/mol. The molecule has 34 heavy (non-hydrogen) atoms. The van der Waals surface area contributed by atoms with E-state index in [0.717, 1.165) is 18.2 Å². The van der Waals surface area contributed by atoms with E-state index in [0.29, 0.717) is 31.9 Å². The minimum absolute atomic E-state index is 0.0428. The summed E-state index contributed by atoms with van der Waals surface area (Å²) in [5.74, 6) is 0.267. The van der Waals surface area contributed by atoms with Gasteiger partial charge < -0.3 is 9.42 Å². The molecule has 0 radical (unpaired) electrons. The van der Waals surface area contributed by atoms with Crippen LogP contribution in [0.15, 0.2) is 47.0 Å². The van der Waals surface area contributed by atoms with Crippen molar-refractivity contribution in [2.75, 3.05) is 31.1 Å². The maximum Gasteiger partial charge on any atom is 0.416 e. The highest BCUT2D eigenvalue weighted by molar-refractivity contribution is 5.67. The predicted octanol–water partition coefficient (Wildman–Crippen LogP) is 3.89. The smallest absolute Gasteiger partial charge is 0.363 e. The van der Waals surface area contributed by atoms with Crippen LogP contribution >= 0.6 is 0 Å². The molecule has 11 nitrogen and oxygen atoms in total. The maximum atomic E-state index is 12.9. The number of nitro groups is 2. The lowest BCUT2D eigenvalue weighted by Gasteiger charge is -2.35. The van der Waals surface area contributed by atoms with Crippen LogP contribution in [0.5, 0.6) is 0 Å². The van der Waals surface area contributed by atoms with Crippen LogP contribution in [0, 0.1) is 20.2 Å². The lowest BCUT2D eigenvalue weighted by molar-refractivity contribution is -0.393. The van der Waals surface area contributed by atoms with Crippen LogP contribution in [0.1, 0.15) is 11.5 Å². The fourth-order valence-electron chi connectivity index (χ4n) is 3.65. The Labute approximate surface area is 189 Å². The topological polar surface area (TPSA) is 132 Å². The molecule has 14 heteroatoms. The first-order chi connectivity index (χ1) is 16.1. The summed E-state index contributed by atoms with van der Waals surface area (Å²) < 4.78 is 44.0. The summed E-state index contributed by atoms with van der Waals surface area (Å²) in [6.07, 6.45) is -4.49. The second-order valence-corrected chi connectivity index (χ2v) is 7.54. The van der Waals surface area contributed by atoms with Gasteiger partial charge in [-0.15, -0.1) is 0 Å². The van der Waals surface area contributed by atoms with Gasteiger partial charge in [-0.05, 0) is 18.2 Å². The van der Waals surface area contributed by atoms with E-state index >= 15 is 0 Å². The van der Waals surface area contributed by atoms with Gasteiger partial charge in [-0.1, -0.05) is 17.3 Å². The number of non-ortho nitro benzene ring substituents is 1. The zero-order valence-electron chi connectivity index (χ0n) is 17.4. The number of hydrogen-bond donors (Lipinski definition) is 0. The molecule has 0 atom stereocenters. The first-order valence-electron chi connectivity index (χ1n) is 10.0. The van der Waals surface area contributed by atoms with E-state index in [1.54, 1.807) is 4.90 Å². The molecule has 0 amide bonds. The highest BCUT2D eigenvalue weighted by Crippen LogP contribution is 2.33. The summed E-state index contributed by atoms with van der Waals surface area (Å²) in [6.45, 7) is 2.04. The van der Waals surface area contributed by atoms with E-state index in [2.05, 4.69) is 10.1 Å². The molecule has 1 aromatic heterocycles. The lowest BCUT2D eigenvalue weighted by atomic mass is 10.1. The minimum atomic E-state index is -4.49. The van der Waals surface area contributed by atoms with E-state index in [1.807, 2.05) is 4.90 Å². The first-order valence-corrected chi connectivity index (χ1v) is 10.0. The average Bonchev–Trinajstić information content (AvgIpc) is 3.27. The van der Waals surface area contributed by atoms with Gasteiger partial charge in [0, 0.05) is 37.8 Å². The van der Waals surface area contributed by atoms with Gasteiger partial charge in [0.2, 0.25) is 11.7 Å². The molecule has 1 fully saturated rings. The van der Waals surface area contributed by atoms with Gasteiger partial charge in [0.25, 0.3) is 11.4 Å². The Bertz CT molecular complexity index is 1220. The van der Waals surface area contributed by atoms with Gasteiger partial charge >= 0.3 is 6.18 Å². The third kappa shape index (κ3) is 4.96. The highest BCUT2D eigenvalue weighted by atomic mass is 19.4. The van der Waals surface area contributed by atoms with Crippen LogP contribution in [-0.4, -0.2) is 51.1 Å². The Balaban J connectivity index is 1.41. The average molecular weight is 478 g/mol. The van der Waals surface area contributed by atoms with Crippen LogP contribution in [0.2, 0.25) is 0 Å². The van der Waals surface area contributed by atoms with Crippen LogP contribution in [0.4, 0.5) is 30.2 Å². The molecule has 1 aliphatic rings. The molecule has 0 N–H and O–H groups in total. The van der Waals surface area contributed by atoms with Crippen LogP contribution < -0.4 is 4.90 Å². The molecule has 0 unspecified atom stereocenters. The van der Waals surface area contributed by atoms with Gasteiger partial charge in [0.1, 0.15) is 5.69 Å². The van der Waals surface area contributed by atoms with Gasteiger partial charge in [-0.2, -0.15) is 18.2 Å². The summed E-state index contributed by atoms with van der Waals surface area (Å²) >= 11 is 0. The van der Waals surface area contributed by atoms with Crippen molar-refractivity contribution in [3.63, 3.8) is 0 Å². The number of aromatic nitrogens is 2. The Hall–Kier alpha value is -4.07. The molecule has 1 aliphatic heterocycles. The molecular weight excluding hydrogens is 461 g/mol. The number of nitro benzene ring substituents is 2. The highest BCUT2D eigenvalue weighted by Gasteiger charge is 2.31. The Morgan fingerprint density at radius 3 is 2.38 bits per heavy atom. The van der Waals surface area contributed by atoms with Gasteiger partial charge in [0.05, 0.1) is 28.0 Å². The molecular formula is C20H17F3N6O5. The normalized spacial score (nSPS) is 14.9. The van der Waals surface area contributed by atoms with E-state index in [1.165, 1.54) is 24.3 Å². The second-order valence-electron chi connectivity index (χ2n) is 7.54. The SMILES string of the molecule is O=[N+]([O-])c1ccc(N2CCN(Cc3nc(-c4cccc(C(F)(F)F)c4)no3)CC2)c([N+](=O)[O-])c1. The molecule has 2 aromatic carbocycles. The molecule has 178 valence electrons. The van der Waals surface area contributed by atoms with Crippen molar-refractivity contribution in [1.82, 2.24) is 15.0 Å². The number of nitrogens with zero attached hydrogens (tertiary/aromatic N) is 6. The standard InChI is InChI=1S/C20H17F3N6O5/c21-20(22,23)14-3-1-2-13(10-14)19-24-18(34-25-19)12-26-6-8-27(9-7-26)16-5-4-15(28(30)31)11-17(16)29(32)33/h1-5,10-11H,6-9,12H2. The molecule has 0 spiro atoms. The summed E-state index contributed by atoms with van der Waals surface area (Å²) in [5, 5.41) is 26.1. The van der Waals surface area contributed by atoms with Crippen molar-refractivity contribution >= 4 is 17.1 Å². The largest absolute Gasteiger partial charge is 0.416 e. The second kappa shape index (κ2) is 9.05. The first kappa shape index (κ1) is 23.1. The van der Waals surface area contributed by atoms with Crippen molar-refractivity contribution in [2.45, 2.75) is 12.7 Å². The monoisotopic (exact) mass is 478 g/mol. The number of hydrogen-bond acceptors (Lipinski definition) is 9. The van der Waals surface area contributed by atoms with E-state index in [-0.39, 0.29) is 35.2 Å². The fraction of sp³-hybridized carbons (Fsp3) is 0.300. The number of halogens is 3. The maximum absolute atomic E-state index is 12.9. The number of alkyl halides is 3. The molecule has 0 bridgehead atoms. The molecule has 0 aliphatic carbocycles.